The second-order valence-corrected chi connectivity index (χ2v) is 6.93. The highest BCUT2D eigenvalue weighted by Gasteiger charge is 2.32. The van der Waals surface area contributed by atoms with E-state index in [9.17, 15) is 9.59 Å². The summed E-state index contributed by atoms with van der Waals surface area (Å²) >= 11 is 0. The molecule has 4 N–H and O–H groups in total. The number of hydrogen-bond donors (Lipinski definition) is 4. The molecule has 7 nitrogen and oxygen atoms in total. The summed E-state index contributed by atoms with van der Waals surface area (Å²) in [5.41, 5.74) is 5.37. The summed E-state index contributed by atoms with van der Waals surface area (Å²) in [5.74, 6) is -0.465. The van der Waals surface area contributed by atoms with E-state index in [1.807, 2.05) is 26.0 Å². The van der Waals surface area contributed by atoms with Gasteiger partial charge in [0.05, 0.1) is 17.0 Å². The lowest BCUT2D eigenvalue weighted by atomic mass is 9.84. The number of para-hydroxylation sites is 1. The van der Waals surface area contributed by atoms with E-state index in [0.717, 1.165) is 40.1 Å². The van der Waals surface area contributed by atoms with Gasteiger partial charge in [-0.1, -0.05) is 18.2 Å². The van der Waals surface area contributed by atoms with E-state index >= 15 is 0 Å². The number of H-pyrrole nitrogens is 4. The number of rotatable bonds is 4. The van der Waals surface area contributed by atoms with Gasteiger partial charge in [0.15, 0.2) is 0 Å². The molecule has 0 amide bonds. The summed E-state index contributed by atoms with van der Waals surface area (Å²) in [7, 11) is 0. The van der Waals surface area contributed by atoms with Gasteiger partial charge in [0, 0.05) is 34.5 Å². The van der Waals surface area contributed by atoms with Crippen LogP contribution in [-0.2, 0) is 6.54 Å². The number of hydrogen-bond acceptors (Lipinski definition) is 2. The Balaban J connectivity index is 2.17. The van der Waals surface area contributed by atoms with Crippen LogP contribution >= 0.6 is 0 Å². The third-order valence-electron chi connectivity index (χ3n) is 5.49. The van der Waals surface area contributed by atoms with Crippen LogP contribution in [0, 0.1) is 20.8 Å². The molecule has 0 aliphatic carbocycles. The molecule has 4 rings (SSSR count). The van der Waals surface area contributed by atoms with Crippen molar-refractivity contribution in [1.29, 1.82) is 0 Å². The van der Waals surface area contributed by atoms with Gasteiger partial charge in [-0.3, -0.25) is 19.8 Å². The van der Waals surface area contributed by atoms with Gasteiger partial charge < -0.3 is 14.8 Å². The van der Waals surface area contributed by atoms with Crippen LogP contribution in [0.2, 0.25) is 0 Å². The molecular formula is C20H23N5O2. The predicted octanol–water partition coefficient (Wildman–Crippen LogP) is 2.80. The number of nitrogens with zero attached hydrogens (tertiary/aromatic N) is 1. The lowest BCUT2D eigenvalue weighted by molar-refractivity contribution is 0.757. The second-order valence-electron chi connectivity index (χ2n) is 6.93. The van der Waals surface area contributed by atoms with Crippen molar-refractivity contribution in [3.05, 3.63) is 78.7 Å². The predicted molar refractivity (Wildman–Crippen MR) is 106 cm³/mol. The Kier molecular flexibility index (Phi) is 3.95. The minimum atomic E-state index is -0.465. The zero-order chi connectivity index (χ0) is 19.3. The first-order chi connectivity index (χ1) is 13.0. The number of aromatic amines is 4. The van der Waals surface area contributed by atoms with Crippen molar-refractivity contribution in [3.63, 3.8) is 0 Å². The van der Waals surface area contributed by atoms with Crippen molar-refractivity contribution >= 4 is 10.9 Å². The molecule has 0 saturated carbocycles. The van der Waals surface area contributed by atoms with Gasteiger partial charge in [0.1, 0.15) is 0 Å². The Morgan fingerprint density at radius 3 is 1.89 bits per heavy atom. The molecule has 3 aromatic heterocycles. The summed E-state index contributed by atoms with van der Waals surface area (Å²) in [6, 6.07) is 8.14. The number of nitrogens with one attached hydrogen (secondary N) is 4. The summed E-state index contributed by atoms with van der Waals surface area (Å²) in [6.45, 7) is 8.67. The maximum Gasteiger partial charge on any atom is 0.268 e. The highest BCUT2D eigenvalue weighted by Crippen LogP contribution is 2.39. The Labute approximate surface area is 155 Å². The van der Waals surface area contributed by atoms with E-state index < -0.39 is 5.92 Å². The summed E-state index contributed by atoms with van der Waals surface area (Å²) in [5, 5.41) is 12.2. The van der Waals surface area contributed by atoms with E-state index in [4.69, 9.17) is 0 Å². The van der Waals surface area contributed by atoms with Crippen molar-refractivity contribution in [2.45, 2.75) is 40.2 Å². The van der Waals surface area contributed by atoms with Crippen LogP contribution in [0.3, 0.4) is 0 Å². The fourth-order valence-electron chi connectivity index (χ4n) is 4.27. The SMILES string of the molecule is CCn1c(C)c(C(c2c(C)[nH][nH]c2=O)c2c(C)[nH][nH]c2=O)c2ccccc21. The van der Waals surface area contributed by atoms with E-state index in [2.05, 4.69) is 50.9 Å². The van der Waals surface area contributed by atoms with E-state index in [0.29, 0.717) is 11.1 Å². The molecule has 0 fully saturated rings. The van der Waals surface area contributed by atoms with Crippen molar-refractivity contribution in [1.82, 2.24) is 25.0 Å². The maximum absolute atomic E-state index is 12.7. The molecule has 1 aromatic carbocycles. The maximum atomic E-state index is 12.7. The average Bonchev–Trinajstić information content (AvgIpc) is 3.25. The first-order valence-electron chi connectivity index (χ1n) is 9.07. The van der Waals surface area contributed by atoms with Crippen molar-refractivity contribution < 1.29 is 0 Å². The molecule has 0 saturated heterocycles. The monoisotopic (exact) mass is 365 g/mol. The zero-order valence-electron chi connectivity index (χ0n) is 15.9. The molecule has 0 bridgehead atoms. The van der Waals surface area contributed by atoms with E-state index in [1.54, 1.807) is 0 Å². The van der Waals surface area contributed by atoms with Crippen molar-refractivity contribution in [2.24, 2.45) is 0 Å². The van der Waals surface area contributed by atoms with Crippen LogP contribution in [0.25, 0.3) is 10.9 Å². The smallest absolute Gasteiger partial charge is 0.268 e. The number of fused-ring (bicyclic) bond motifs is 1. The van der Waals surface area contributed by atoms with Crippen molar-refractivity contribution in [3.8, 4) is 0 Å². The molecule has 0 spiro atoms. The lowest BCUT2D eigenvalue weighted by Crippen LogP contribution is -2.21. The summed E-state index contributed by atoms with van der Waals surface area (Å²) in [4.78, 5) is 25.4. The number of aryl methyl sites for hydroxylation is 3. The first-order valence-corrected chi connectivity index (χ1v) is 9.07. The second kappa shape index (κ2) is 6.19. The Morgan fingerprint density at radius 2 is 1.41 bits per heavy atom. The third kappa shape index (κ3) is 2.42. The first kappa shape index (κ1) is 17.2. The molecule has 0 atom stereocenters. The molecule has 27 heavy (non-hydrogen) atoms. The molecule has 7 heteroatoms. The van der Waals surface area contributed by atoms with Crippen LogP contribution in [0.1, 0.15) is 46.6 Å². The quantitative estimate of drug-likeness (QED) is 0.447. The molecular weight excluding hydrogens is 342 g/mol. The van der Waals surface area contributed by atoms with Crippen LogP contribution in [0.15, 0.2) is 33.9 Å². The van der Waals surface area contributed by atoms with Gasteiger partial charge in [0.2, 0.25) is 0 Å². The van der Waals surface area contributed by atoms with Gasteiger partial charge in [0.25, 0.3) is 11.1 Å². The van der Waals surface area contributed by atoms with Crippen LogP contribution < -0.4 is 11.1 Å². The molecule has 0 aliphatic rings. The Bertz CT molecular complexity index is 1190. The number of benzene rings is 1. The largest absolute Gasteiger partial charge is 0.345 e. The molecule has 3 heterocycles. The molecule has 0 unspecified atom stereocenters. The van der Waals surface area contributed by atoms with Crippen molar-refractivity contribution in [2.75, 3.05) is 0 Å². The van der Waals surface area contributed by atoms with Crippen LogP contribution in [0.5, 0.6) is 0 Å². The average molecular weight is 365 g/mol. The molecule has 140 valence electrons. The molecule has 0 radical (unpaired) electrons. The minimum absolute atomic E-state index is 0.203. The highest BCUT2D eigenvalue weighted by molar-refractivity contribution is 5.87. The van der Waals surface area contributed by atoms with Gasteiger partial charge in [-0.2, -0.15) is 0 Å². The Morgan fingerprint density at radius 1 is 0.852 bits per heavy atom. The zero-order valence-corrected chi connectivity index (χ0v) is 15.9. The summed E-state index contributed by atoms with van der Waals surface area (Å²) < 4.78 is 2.23. The highest BCUT2D eigenvalue weighted by atomic mass is 16.1. The van der Waals surface area contributed by atoms with Gasteiger partial charge in [-0.05, 0) is 39.3 Å². The molecule has 4 aromatic rings. The topological polar surface area (TPSA) is 102 Å². The number of aromatic nitrogens is 5. The lowest BCUT2D eigenvalue weighted by Gasteiger charge is -2.17. The molecule has 0 aliphatic heterocycles. The normalized spacial score (nSPS) is 11.7. The van der Waals surface area contributed by atoms with Crippen LogP contribution in [0.4, 0.5) is 0 Å². The standard InChI is InChI=1S/C20H23N5O2/c1-5-25-12(4)17(13-8-6-7-9-14(13)25)18(15-10(2)21-23-19(15)26)16-11(3)22-24-20(16)27/h6-9,18H,5H2,1-4H3,(H2,21,23,26)(H2,22,24,27). The van der Waals surface area contributed by atoms with E-state index in [1.165, 1.54) is 0 Å². The Hall–Kier alpha value is -3.22. The fraction of sp³-hybridized carbons (Fsp3) is 0.300. The van der Waals surface area contributed by atoms with E-state index in [-0.39, 0.29) is 11.1 Å². The van der Waals surface area contributed by atoms with Gasteiger partial charge in [-0.25, -0.2) is 0 Å². The van der Waals surface area contributed by atoms with Gasteiger partial charge >= 0.3 is 0 Å². The van der Waals surface area contributed by atoms with Crippen LogP contribution in [-0.4, -0.2) is 25.0 Å². The third-order valence-corrected chi connectivity index (χ3v) is 5.49. The minimum Gasteiger partial charge on any atom is -0.345 e. The fourth-order valence-corrected chi connectivity index (χ4v) is 4.27. The van der Waals surface area contributed by atoms with Gasteiger partial charge in [-0.15, -0.1) is 0 Å². The summed E-state index contributed by atoms with van der Waals surface area (Å²) in [6.07, 6.45) is 0.